The number of carbonyl (C=O) groups is 2. The van der Waals surface area contributed by atoms with Crippen molar-refractivity contribution in [1.82, 2.24) is 5.32 Å². The van der Waals surface area contributed by atoms with E-state index >= 15 is 0 Å². The van der Waals surface area contributed by atoms with Gasteiger partial charge in [0.1, 0.15) is 18.7 Å². The third-order valence-electron chi connectivity index (χ3n) is 2.69. The summed E-state index contributed by atoms with van der Waals surface area (Å²) in [6.07, 6.45) is -0.702. The Kier molecular flexibility index (Phi) is 6.75. The topological polar surface area (TPSA) is 88.4 Å². The summed E-state index contributed by atoms with van der Waals surface area (Å²) in [5, 5.41) is 10.8. The summed E-state index contributed by atoms with van der Waals surface area (Å²) in [7, 11) is 0. The average Bonchev–Trinajstić information content (AvgIpc) is 2.49. The molecule has 1 aromatic carbocycles. The third-order valence-corrected chi connectivity index (χ3v) is 2.69. The van der Waals surface area contributed by atoms with Gasteiger partial charge in [0.05, 0.1) is 0 Å². The number of rotatable bonds is 6. The maximum atomic E-state index is 11.7. The zero-order chi connectivity index (χ0) is 15.7. The highest BCUT2D eigenvalue weighted by Gasteiger charge is 2.26. The first kappa shape index (κ1) is 16.5. The number of amides is 1. The molecule has 0 fully saturated rings. The van der Waals surface area contributed by atoms with Crippen LogP contribution in [0.4, 0.5) is 4.79 Å². The summed E-state index contributed by atoms with van der Waals surface area (Å²) in [4.78, 5) is 23.4. The van der Waals surface area contributed by atoms with Crippen LogP contribution in [-0.2, 0) is 20.9 Å². The normalized spacial score (nSPS) is 11.3. The van der Waals surface area contributed by atoms with Crippen molar-refractivity contribution in [3.05, 3.63) is 35.9 Å². The number of nitriles is 1. The number of esters is 1. The lowest BCUT2D eigenvalue weighted by Gasteiger charge is -2.19. The molecule has 0 spiro atoms. The number of benzene rings is 1. The molecular weight excluding hydrogens is 272 g/mol. The summed E-state index contributed by atoms with van der Waals surface area (Å²) in [6, 6.07) is 10.1. The molecule has 0 unspecified atom stereocenters. The molecule has 112 valence electrons. The number of carbonyl (C=O) groups excluding carboxylic acids is 2. The van der Waals surface area contributed by atoms with E-state index in [1.807, 2.05) is 30.3 Å². The first-order valence-electron chi connectivity index (χ1n) is 6.55. The van der Waals surface area contributed by atoms with Crippen molar-refractivity contribution < 1.29 is 19.1 Å². The Morgan fingerprint density at radius 2 is 1.90 bits per heavy atom. The molecule has 0 aromatic heterocycles. The molecule has 0 aliphatic heterocycles. The first-order chi connectivity index (χ1) is 10.0. The Hall–Kier alpha value is -2.55. The zero-order valence-corrected chi connectivity index (χ0v) is 12.0. The van der Waals surface area contributed by atoms with Crippen molar-refractivity contribution in [2.24, 2.45) is 5.92 Å². The van der Waals surface area contributed by atoms with Gasteiger partial charge in [-0.3, -0.25) is 0 Å². The molecular formula is C15H18N2O4. The predicted molar refractivity (Wildman–Crippen MR) is 75.0 cm³/mol. The van der Waals surface area contributed by atoms with Gasteiger partial charge in [-0.25, -0.2) is 9.59 Å². The number of hydrogen-bond acceptors (Lipinski definition) is 5. The summed E-state index contributed by atoms with van der Waals surface area (Å²) in [5.74, 6) is -0.830. The molecule has 0 aliphatic rings. The molecule has 0 bridgehead atoms. The van der Waals surface area contributed by atoms with Gasteiger partial charge in [-0.1, -0.05) is 44.2 Å². The minimum Gasteiger partial charge on any atom is -0.449 e. The monoisotopic (exact) mass is 290 g/mol. The molecule has 6 heteroatoms. The van der Waals surface area contributed by atoms with Crippen LogP contribution >= 0.6 is 0 Å². The van der Waals surface area contributed by atoms with E-state index in [1.165, 1.54) is 0 Å². The molecule has 0 heterocycles. The van der Waals surface area contributed by atoms with Gasteiger partial charge in [0, 0.05) is 0 Å². The molecule has 1 amide bonds. The second kappa shape index (κ2) is 8.59. The van der Waals surface area contributed by atoms with Gasteiger partial charge >= 0.3 is 12.1 Å². The van der Waals surface area contributed by atoms with Crippen molar-refractivity contribution in [3.63, 3.8) is 0 Å². The largest absolute Gasteiger partial charge is 0.449 e. The minimum atomic E-state index is -0.846. The quantitative estimate of drug-likeness (QED) is 0.809. The fourth-order valence-corrected chi connectivity index (χ4v) is 1.58. The Balaban J connectivity index is 2.49. The first-order valence-corrected chi connectivity index (χ1v) is 6.55. The van der Waals surface area contributed by atoms with E-state index in [0.29, 0.717) is 0 Å². The Labute approximate surface area is 123 Å². The summed E-state index contributed by atoms with van der Waals surface area (Å²) in [6.45, 7) is 3.29. The molecule has 1 atom stereocenters. The molecule has 1 aromatic rings. The van der Waals surface area contributed by atoms with Crippen LogP contribution in [0.25, 0.3) is 0 Å². The minimum absolute atomic E-state index is 0.116. The fourth-order valence-electron chi connectivity index (χ4n) is 1.58. The molecule has 0 saturated carbocycles. The molecule has 21 heavy (non-hydrogen) atoms. The van der Waals surface area contributed by atoms with E-state index in [4.69, 9.17) is 14.7 Å². The zero-order valence-electron chi connectivity index (χ0n) is 12.0. The van der Waals surface area contributed by atoms with Gasteiger partial charge in [0.15, 0.2) is 6.61 Å². The second-order valence-electron chi connectivity index (χ2n) is 4.69. The molecule has 0 radical (unpaired) electrons. The summed E-state index contributed by atoms with van der Waals surface area (Å²) < 4.78 is 9.75. The molecule has 1 N–H and O–H groups in total. The molecule has 1 rings (SSSR count). The highest BCUT2D eigenvalue weighted by Crippen LogP contribution is 2.06. The molecule has 6 nitrogen and oxygen atoms in total. The maximum absolute atomic E-state index is 11.7. The second-order valence-corrected chi connectivity index (χ2v) is 4.69. The van der Waals surface area contributed by atoms with Gasteiger partial charge in [0.25, 0.3) is 0 Å². The van der Waals surface area contributed by atoms with Crippen molar-refractivity contribution in [1.29, 1.82) is 5.26 Å². The van der Waals surface area contributed by atoms with E-state index in [0.717, 1.165) is 5.56 Å². The van der Waals surface area contributed by atoms with Crippen LogP contribution < -0.4 is 5.32 Å². The number of nitrogens with one attached hydrogen (secondary N) is 1. The van der Waals surface area contributed by atoms with Crippen LogP contribution in [0.1, 0.15) is 19.4 Å². The van der Waals surface area contributed by atoms with Crippen LogP contribution in [-0.4, -0.2) is 24.7 Å². The van der Waals surface area contributed by atoms with Crippen molar-refractivity contribution in [2.45, 2.75) is 26.5 Å². The molecule has 0 aliphatic carbocycles. The van der Waals surface area contributed by atoms with E-state index in [-0.39, 0.29) is 19.1 Å². The predicted octanol–water partition coefficient (Wildman–Crippen LogP) is 2.00. The number of nitrogens with zero attached hydrogens (tertiary/aromatic N) is 1. The van der Waals surface area contributed by atoms with Crippen molar-refractivity contribution >= 4 is 12.1 Å². The summed E-state index contributed by atoms with van der Waals surface area (Å²) in [5.41, 5.74) is 0.848. The van der Waals surface area contributed by atoms with E-state index in [2.05, 4.69) is 5.32 Å². The van der Waals surface area contributed by atoms with E-state index in [9.17, 15) is 9.59 Å². The van der Waals surface area contributed by atoms with Crippen LogP contribution in [0, 0.1) is 17.2 Å². The van der Waals surface area contributed by atoms with Gasteiger partial charge in [0.2, 0.25) is 0 Å². The lowest BCUT2D eigenvalue weighted by Crippen LogP contribution is -2.45. The van der Waals surface area contributed by atoms with E-state index in [1.54, 1.807) is 19.9 Å². The SMILES string of the molecule is CC(C)[C@@H](NC(=O)OCc1ccccc1)C(=O)OCC#N. The smallest absolute Gasteiger partial charge is 0.408 e. The third kappa shape index (κ3) is 5.95. The highest BCUT2D eigenvalue weighted by atomic mass is 16.6. The van der Waals surface area contributed by atoms with Crippen molar-refractivity contribution in [2.75, 3.05) is 6.61 Å². The van der Waals surface area contributed by atoms with Crippen molar-refractivity contribution in [3.8, 4) is 6.07 Å². The lowest BCUT2D eigenvalue weighted by atomic mass is 10.1. The number of ether oxygens (including phenoxy) is 2. The maximum Gasteiger partial charge on any atom is 0.408 e. The molecule has 0 saturated heterocycles. The summed E-state index contributed by atoms with van der Waals surface area (Å²) >= 11 is 0. The van der Waals surface area contributed by atoms with Crippen LogP contribution in [0.5, 0.6) is 0 Å². The van der Waals surface area contributed by atoms with Gasteiger partial charge in [-0.15, -0.1) is 0 Å². The van der Waals surface area contributed by atoms with E-state index < -0.39 is 18.1 Å². The van der Waals surface area contributed by atoms with Gasteiger partial charge < -0.3 is 14.8 Å². The Bertz CT molecular complexity index is 508. The average molecular weight is 290 g/mol. The highest BCUT2D eigenvalue weighted by molar-refractivity contribution is 5.81. The fraction of sp³-hybridized carbons (Fsp3) is 0.400. The van der Waals surface area contributed by atoms with Gasteiger partial charge in [-0.2, -0.15) is 5.26 Å². The Morgan fingerprint density at radius 3 is 2.48 bits per heavy atom. The van der Waals surface area contributed by atoms with Crippen LogP contribution in [0.15, 0.2) is 30.3 Å². The standard InChI is InChI=1S/C15H18N2O4/c1-11(2)13(14(18)20-9-8-16)17-15(19)21-10-12-6-4-3-5-7-12/h3-7,11,13H,9-10H2,1-2H3,(H,17,19)/t13-/m1/s1. The van der Waals surface area contributed by atoms with Crippen LogP contribution in [0.2, 0.25) is 0 Å². The Morgan fingerprint density at radius 1 is 1.24 bits per heavy atom. The van der Waals surface area contributed by atoms with Gasteiger partial charge in [-0.05, 0) is 11.5 Å². The number of alkyl carbamates (subject to hydrolysis) is 1. The van der Waals surface area contributed by atoms with Crippen LogP contribution in [0.3, 0.4) is 0 Å². The lowest BCUT2D eigenvalue weighted by molar-refractivity contribution is -0.145. The number of hydrogen-bond donors (Lipinski definition) is 1.